The van der Waals surface area contributed by atoms with Gasteiger partial charge in [-0.1, -0.05) is 18.2 Å². The topological polar surface area (TPSA) is 85.9 Å². The van der Waals surface area contributed by atoms with E-state index in [1.54, 1.807) is 0 Å². The van der Waals surface area contributed by atoms with Crippen molar-refractivity contribution in [2.75, 3.05) is 79.3 Å². The van der Waals surface area contributed by atoms with Gasteiger partial charge in [-0.2, -0.15) is 0 Å². The third-order valence-corrected chi connectivity index (χ3v) is 6.12. The quantitative estimate of drug-likeness (QED) is 0.462. The SMILES string of the molecule is Fc1cc(F)cc(CNCc2ccc3c(c2)OCCOCCOCCOc2ccccc2OCCOCCOCCO3)c1. The Morgan fingerprint density at radius 3 is 1.37 bits per heavy atom. The van der Waals surface area contributed by atoms with Crippen molar-refractivity contribution < 1.29 is 46.7 Å². The number of fused-ring (bicyclic) bond motifs is 2. The second-order valence-corrected chi connectivity index (χ2v) is 9.45. The summed E-state index contributed by atoms with van der Waals surface area (Å²) in [6.07, 6.45) is 0. The van der Waals surface area contributed by atoms with Gasteiger partial charge < -0.3 is 43.2 Å². The summed E-state index contributed by atoms with van der Waals surface area (Å²) in [7, 11) is 0. The Labute approximate surface area is 250 Å². The lowest BCUT2D eigenvalue weighted by Gasteiger charge is -2.15. The molecule has 3 aromatic carbocycles. The average molecular weight is 604 g/mol. The van der Waals surface area contributed by atoms with E-state index in [0.717, 1.165) is 11.6 Å². The van der Waals surface area contributed by atoms with Gasteiger partial charge in [0.1, 0.15) is 38.1 Å². The zero-order chi connectivity index (χ0) is 30.0. The fourth-order valence-corrected chi connectivity index (χ4v) is 4.13. The Bertz CT molecular complexity index is 1210. The molecule has 0 saturated carbocycles. The molecule has 9 nitrogen and oxygen atoms in total. The summed E-state index contributed by atoms with van der Waals surface area (Å²) in [5, 5.41) is 3.20. The number of hydrogen-bond donors (Lipinski definition) is 1. The Morgan fingerprint density at radius 1 is 0.442 bits per heavy atom. The van der Waals surface area contributed by atoms with Crippen molar-refractivity contribution in [3.63, 3.8) is 0 Å². The van der Waals surface area contributed by atoms with Gasteiger partial charge in [0.25, 0.3) is 0 Å². The van der Waals surface area contributed by atoms with E-state index in [2.05, 4.69) is 5.32 Å². The van der Waals surface area contributed by atoms with E-state index in [4.69, 9.17) is 37.9 Å². The van der Waals surface area contributed by atoms with Gasteiger partial charge in [0.15, 0.2) is 23.0 Å². The first-order valence-corrected chi connectivity index (χ1v) is 14.4. The number of benzene rings is 3. The smallest absolute Gasteiger partial charge is 0.161 e. The molecule has 1 N–H and O–H groups in total. The van der Waals surface area contributed by atoms with E-state index in [-0.39, 0.29) is 0 Å². The Kier molecular flexibility index (Phi) is 14.3. The fraction of sp³-hybridized carbons (Fsp3) is 0.438. The summed E-state index contributed by atoms with van der Waals surface area (Å²) < 4.78 is 73.0. The predicted molar refractivity (Wildman–Crippen MR) is 155 cm³/mol. The first kappa shape index (κ1) is 32.4. The van der Waals surface area contributed by atoms with Crippen LogP contribution in [-0.4, -0.2) is 79.3 Å². The molecule has 1 aliphatic rings. The molecule has 11 heteroatoms. The molecule has 0 atom stereocenters. The van der Waals surface area contributed by atoms with E-state index >= 15 is 0 Å². The molecule has 234 valence electrons. The van der Waals surface area contributed by atoms with Crippen molar-refractivity contribution in [3.05, 3.63) is 83.4 Å². The molecular weight excluding hydrogens is 564 g/mol. The van der Waals surface area contributed by atoms with Crippen LogP contribution in [0.2, 0.25) is 0 Å². The van der Waals surface area contributed by atoms with Crippen LogP contribution in [0.1, 0.15) is 11.1 Å². The molecule has 0 saturated heterocycles. The van der Waals surface area contributed by atoms with Crippen LogP contribution in [0, 0.1) is 11.6 Å². The fourth-order valence-electron chi connectivity index (χ4n) is 4.13. The summed E-state index contributed by atoms with van der Waals surface area (Å²) in [4.78, 5) is 0. The number of nitrogens with one attached hydrogen (secondary N) is 1. The molecule has 0 radical (unpaired) electrons. The van der Waals surface area contributed by atoms with Gasteiger partial charge in [0.05, 0.1) is 52.9 Å². The molecular formula is C32H39F2NO8. The van der Waals surface area contributed by atoms with Gasteiger partial charge in [-0.25, -0.2) is 8.78 Å². The molecule has 4 rings (SSSR count). The Hall–Kier alpha value is -3.48. The van der Waals surface area contributed by atoms with Crippen molar-refractivity contribution in [1.29, 1.82) is 0 Å². The molecule has 0 aromatic heterocycles. The molecule has 1 aliphatic heterocycles. The predicted octanol–water partition coefficient (Wildman–Crippen LogP) is 4.55. The number of rotatable bonds is 4. The second-order valence-electron chi connectivity index (χ2n) is 9.45. The number of halogens is 2. The van der Waals surface area contributed by atoms with E-state index in [0.29, 0.717) is 121 Å². The van der Waals surface area contributed by atoms with Crippen LogP contribution in [-0.2, 0) is 32.0 Å². The van der Waals surface area contributed by atoms with E-state index in [1.807, 2.05) is 42.5 Å². The standard InChI is InChI=1S/C32H39F2NO8/c33-27-19-26(20-28(34)22-27)24-35-23-25-5-6-31-32(21-25)43-18-14-39-10-9-37-12-16-41-30-4-2-1-3-29(30)40-15-11-36-7-8-38-13-17-42-31/h1-6,19-22,35H,7-18,23-24H2. The highest BCUT2D eigenvalue weighted by atomic mass is 19.1. The van der Waals surface area contributed by atoms with Crippen LogP contribution in [0.25, 0.3) is 0 Å². The minimum atomic E-state index is -0.603. The summed E-state index contributed by atoms with van der Waals surface area (Å²) in [5.74, 6) is 1.24. The summed E-state index contributed by atoms with van der Waals surface area (Å²) in [6, 6.07) is 16.6. The number of hydrogen-bond acceptors (Lipinski definition) is 9. The molecule has 0 amide bonds. The van der Waals surface area contributed by atoms with Crippen molar-refractivity contribution in [1.82, 2.24) is 5.32 Å². The molecule has 0 unspecified atom stereocenters. The first-order valence-electron chi connectivity index (χ1n) is 14.4. The van der Waals surface area contributed by atoms with Gasteiger partial charge in [0, 0.05) is 19.2 Å². The van der Waals surface area contributed by atoms with E-state index in [1.165, 1.54) is 12.1 Å². The largest absolute Gasteiger partial charge is 0.487 e. The van der Waals surface area contributed by atoms with Crippen LogP contribution in [0.3, 0.4) is 0 Å². The van der Waals surface area contributed by atoms with Crippen LogP contribution >= 0.6 is 0 Å². The number of ether oxygens (including phenoxy) is 8. The van der Waals surface area contributed by atoms with Gasteiger partial charge >= 0.3 is 0 Å². The maximum absolute atomic E-state index is 13.5. The Morgan fingerprint density at radius 2 is 0.860 bits per heavy atom. The normalized spacial score (nSPS) is 16.6. The summed E-state index contributed by atoms with van der Waals surface area (Å²) in [6.45, 7) is 5.42. The molecule has 43 heavy (non-hydrogen) atoms. The van der Waals surface area contributed by atoms with Crippen LogP contribution < -0.4 is 24.3 Å². The van der Waals surface area contributed by atoms with Crippen LogP contribution in [0.5, 0.6) is 23.0 Å². The molecule has 0 bridgehead atoms. The molecule has 3 aromatic rings. The third kappa shape index (κ3) is 12.3. The molecule has 0 fully saturated rings. The van der Waals surface area contributed by atoms with Gasteiger partial charge in [-0.15, -0.1) is 0 Å². The summed E-state index contributed by atoms with van der Waals surface area (Å²) in [5.41, 5.74) is 1.44. The lowest BCUT2D eigenvalue weighted by atomic mass is 10.1. The number of para-hydroxylation sites is 2. The lowest BCUT2D eigenvalue weighted by molar-refractivity contribution is 0.0223. The zero-order valence-electron chi connectivity index (χ0n) is 24.2. The third-order valence-electron chi connectivity index (χ3n) is 6.12. The molecule has 0 aliphatic carbocycles. The highest BCUT2D eigenvalue weighted by molar-refractivity contribution is 5.43. The highest BCUT2D eigenvalue weighted by Crippen LogP contribution is 2.29. The maximum Gasteiger partial charge on any atom is 0.161 e. The second kappa shape index (κ2) is 18.9. The Balaban J connectivity index is 1.27. The van der Waals surface area contributed by atoms with E-state index in [9.17, 15) is 8.78 Å². The van der Waals surface area contributed by atoms with Crippen LogP contribution in [0.15, 0.2) is 60.7 Å². The summed E-state index contributed by atoms with van der Waals surface area (Å²) >= 11 is 0. The zero-order valence-corrected chi connectivity index (χ0v) is 24.2. The van der Waals surface area contributed by atoms with Crippen molar-refractivity contribution in [2.45, 2.75) is 13.1 Å². The van der Waals surface area contributed by atoms with Gasteiger partial charge in [-0.3, -0.25) is 0 Å². The lowest BCUT2D eigenvalue weighted by Crippen LogP contribution is -2.16. The molecule has 0 spiro atoms. The monoisotopic (exact) mass is 603 g/mol. The van der Waals surface area contributed by atoms with Crippen molar-refractivity contribution >= 4 is 0 Å². The molecule has 1 heterocycles. The minimum absolute atomic E-state index is 0.309. The van der Waals surface area contributed by atoms with Crippen molar-refractivity contribution in [2.24, 2.45) is 0 Å². The maximum atomic E-state index is 13.5. The van der Waals surface area contributed by atoms with Gasteiger partial charge in [-0.05, 0) is 47.5 Å². The van der Waals surface area contributed by atoms with Crippen molar-refractivity contribution in [3.8, 4) is 23.0 Å². The average Bonchev–Trinajstić information content (AvgIpc) is 2.99. The van der Waals surface area contributed by atoms with E-state index < -0.39 is 11.6 Å². The van der Waals surface area contributed by atoms with Crippen LogP contribution in [0.4, 0.5) is 8.78 Å². The minimum Gasteiger partial charge on any atom is -0.487 e. The first-order chi connectivity index (χ1) is 21.2. The van der Waals surface area contributed by atoms with Gasteiger partial charge in [0.2, 0.25) is 0 Å². The highest BCUT2D eigenvalue weighted by Gasteiger charge is 2.09.